The van der Waals surface area contributed by atoms with Crippen molar-refractivity contribution in [3.05, 3.63) is 59.9 Å². The molecule has 3 aromatic rings. The van der Waals surface area contributed by atoms with E-state index in [4.69, 9.17) is 4.74 Å². The predicted octanol–water partition coefficient (Wildman–Crippen LogP) is 2.44. The molecule has 0 aliphatic rings. The monoisotopic (exact) mass is 366 g/mol. The molecule has 2 amide bonds. The number of fused-ring (bicyclic) bond motifs is 1. The molecule has 1 aromatic heterocycles. The fourth-order valence-electron chi connectivity index (χ4n) is 2.85. The highest BCUT2D eigenvalue weighted by molar-refractivity contribution is 5.86. The Morgan fingerprint density at radius 2 is 1.78 bits per heavy atom. The van der Waals surface area contributed by atoms with Gasteiger partial charge in [0.15, 0.2) is 6.61 Å². The summed E-state index contributed by atoms with van der Waals surface area (Å²) < 4.78 is 7.33. The lowest BCUT2D eigenvalue weighted by atomic mass is 10.1. The van der Waals surface area contributed by atoms with Gasteiger partial charge in [-0.05, 0) is 44.0 Å². The maximum absolute atomic E-state index is 12.4. The Morgan fingerprint density at radius 1 is 1.07 bits per heavy atom. The zero-order chi connectivity index (χ0) is 19.4. The minimum Gasteiger partial charge on any atom is -0.483 e. The third-order valence-electron chi connectivity index (χ3n) is 4.36. The van der Waals surface area contributed by atoms with E-state index in [0.29, 0.717) is 5.75 Å². The summed E-state index contributed by atoms with van der Waals surface area (Å²) in [6.07, 6.45) is 1.61. The molecular weight excluding hydrogens is 344 g/mol. The smallest absolute Gasteiger partial charge is 0.276 e. The first-order chi connectivity index (χ1) is 13.0. The molecular formula is C20H22N4O3. The number of aryl methyl sites for hydroxylation is 2. The van der Waals surface area contributed by atoms with Gasteiger partial charge < -0.3 is 9.30 Å². The first-order valence-electron chi connectivity index (χ1n) is 8.66. The molecule has 0 aliphatic heterocycles. The maximum Gasteiger partial charge on any atom is 0.276 e. The van der Waals surface area contributed by atoms with E-state index in [1.54, 1.807) is 17.8 Å². The Bertz CT molecular complexity index is 960. The van der Waals surface area contributed by atoms with Gasteiger partial charge >= 0.3 is 0 Å². The van der Waals surface area contributed by atoms with Gasteiger partial charge in [0.2, 0.25) is 0 Å². The lowest BCUT2D eigenvalue weighted by molar-refractivity contribution is -0.131. The highest BCUT2D eigenvalue weighted by atomic mass is 16.5. The number of benzene rings is 2. The van der Waals surface area contributed by atoms with Crippen LogP contribution in [-0.2, 0) is 9.59 Å². The molecule has 1 unspecified atom stereocenters. The fourth-order valence-corrected chi connectivity index (χ4v) is 2.85. The van der Waals surface area contributed by atoms with Crippen LogP contribution in [0, 0.1) is 13.8 Å². The zero-order valence-corrected chi connectivity index (χ0v) is 15.5. The summed E-state index contributed by atoms with van der Waals surface area (Å²) in [6, 6.07) is 12.8. The van der Waals surface area contributed by atoms with Gasteiger partial charge in [0, 0.05) is 0 Å². The van der Waals surface area contributed by atoms with Crippen molar-refractivity contribution < 1.29 is 14.3 Å². The highest BCUT2D eigenvalue weighted by Crippen LogP contribution is 2.22. The third kappa shape index (κ3) is 4.08. The summed E-state index contributed by atoms with van der Waals surface area (Å²) in [4.78, 5) is 28.6. The molecule has 7 nitrogen and oxygen atoms in total. The van der Waals surface area contributed by atoms with Gasteiger partial charge in [0.25, 0.3) is 11.8 Å². The second-order valence-corrected chi connectivity index (χ2v) is 6.36. The quantitative estimate of drug-likeness (QED) is 0.679. The van der Waals surface area contributed by atoms with Crippen molar-refractivity contribution >= 4 is 22.8 Å². The summed E-state index contributed by atoms with van der Waals surface area (Å²) in [5, 5.41) is 0. The van der Waals surface area contributed by atoms with E-state index in [9.17, 15) is 9.59 Å². The van der Waals surface area contributed by atoms with E-state index >= 15 is 0 Å². The van der Waals surface area contributed by atoms with Crippen LogP contribution < -0.4 is 15.6 Å². The van der Waals surface area contributed by atoms with Gasteiger partial charge in [-0.25, -0.2) is 4.98 Å². The standard InChI is InChI=1S/C20H22N4O3/c1-13-7-6-8-14(2)19(13)27-11-18(25)22-23-20(26)15(3)24-12-21-16-9-4-5-10-17(16)24/h4-10,12,15H,11H2,1-3H3,(H,22,25)(H,23,26). The molecule has 2 aromatic carbocycles. The first kappa shape index (κ1) is 18.4. The number of carbonyl (C=O) groups is 2. The van der Waals surface area contributed by atoms with E-state index in [1.807, 2.05) is 56.3 Å². The Labute approximate surface area is 157 Å². The number of hydrazine groups is 1. The number of nitrogens with zero attached hydrogens (tertiary/aromatic N) is 2. The normalized spacial score (nSPS) is 11.8. The minimum atomic E-state index is -0.530. The van der Waals surface area contributed by atoms with Crippen LogP contribution in [0.5, 0.6) is 5.75 Å². The summed E-state index contributed by atoms with van der Waals surface area (Å²) in [5.74, 6) is -0.107. The average molecular weight is 366 g/mol. The Balaban J connectivity index is 1.54. The first-order valence-corrected chi connectivity index (χ1v) is 8.66. The van der Waals surface area contributed by atoms with Crippen molar-refractivity contribution in [2.24, 2.45) is 0 Å². The molecule has 0 aliphatic carbocycles. The van der Waals surface area contributed by atoms with Crippen molar-refractivity contribution in [1.82, 2.24) is 20.4 Å². The number of amides is 2. The predicted molar refractivity (Wildman–Crippen MR) is 102 cm³/mol. The summed E-state index contributed by atoms with van der Waals surface area (Å²) in [5.41, 5.74) is 8.38. The molecule has 2 N–H and O–H groups in total. The Hall–Kier alpha value is -3.35. The van der Waals surface area contributed by atoms with Crippen LogP contribution in [0.1, 0.15) is 24.1 Å². The minimum absolute atomic E-state index is 0.186. The molecule has 0 fully saturated rings. The van der Waals surface area contributed by atoms with Gasteiger partial charge in [-0.3, -0.25) is 20.4 Å². The van der Waals surface area contributed by atoms with Crippen LogP contribution in [-0.4, -0.2) is 28.0 Å². The zero-order valence-electron chi connectivity index (χ0n) is 15.5. The molecule has 0 spiro atoms. The fraction of sp³-hybridized carbons (Fsp3) is 0.250. The van der Waals surface area contributed by atoms with Crippen molar-refractivity contribution in [3.63, 3.8) is 0 Å². The van der Waals surface area contributed by atoms with Crippen LogP contribution in [0.15, 0.2) is 48.8 Å². The molecule has 140 valence electrons. The van der Waals surface area contributed by atoms with Crippen molar-refractivity contribution in [3.8, 4) is 5.75 Å². The van der Waals surface area contributed by atoms with E-state index in [-0.39, 0.29) is 12.5 Å². The van der Waals surface area contributed by atoms with E-state index in [0.717, 1.165) is 22.2 Å². The van der Waals surface area contributed by atoms with Gasteiger partial charge in [-0.1, -0.05) is 30.3 Å². The lowest BCUT2D eigenvalue weighted by Gasteiger charge is -2.16. The topological polar surface area (TPSA) is 85.3 Å². The van der Waals surface area contributed by atoms with Crippen LogP contribution in [0.2, 0.25) is 0 Å². The number of imidazole rings is 1. The third-order valence-corrected chi connectivity index (χ3v) is 4.36. The van der Waals surface area contributed by atoms with Crippen LogP contribution in [0.4, 0.5) is 0 Å². The van der Waals surface area contributed by atoms with E-state index < -0.39 is 11.9 Å². The van der Waals surface area contributed by atoms with E-state index in [1.165, 1.54) is 0 Å². The van der Waals surface area contributed by atoms with Crippen LogP contribution in [0.25, 0.3) is 11.0 Å². The molecule has 27 heavy (non-hydrogen) atoms. The number of hydrogen-bond acceptors (Lipinski definition) is 4. The SMILES string of the molecule is Cc1cccc(C)c1OCC(=O)NNC(=O)C(C)n1cnc2ccccc21. The summed E-state index contributed by atoms with van der Waals surface area (Å²) >= 11 is 0. The van der Waals surface area contributed by atoms with Gasteiger partial charge in [-0.15, -0.1) is 0 Å². The number of nitrogens with one attached hydrogen (secondary N) is 2. The number of para-hydroxylation sites is 3. The Kier molecular flexibility index (Phi) is 5.40. The van der Waals surface area contributed by atoms with Crippen LogP contribution in [0.3, 0.4) is 0 Å². The molecule has 3 rings (SSSR count). The molecule has 0 saturated heterocycles. The number of carbonyl (C=O) groups excluding carboxylic acids is 2. The van der Waals surface area contributed by atoms with Gasteiger partial charge in [-0.2, -0.15) is 0 Å². The molecule has 0 radical (unpaired) electrons. The lowest BCUT2D eigenvalue weighted by Crippen LogP contribution is -2.46. The number of ether oxygens (including phenoxy) is 1. The average Bonchev–Trinajstić information content (AvgIpc) is 3.09. The number of hydrogen-bond donors (Lipinski definition) is 2. The second-order valence-electron chi connectivity index (χ2n) is 6.36. The second kappa shape index (κ2) is 7.90. The van der Waals surface area contributed by atoms with Crippen molar-refractivity contribution in [2.75, 3.05) is 6.61 Å². The van der Waals surface area contributed by atoms with Gasteiger partial charge in [0.1, 0.15) is 11.8 Å². The molecule has 1 heterocycles. The molecule has 7 heteroatoms. The maximum atomic E-state index is 12.4. The largest absolute Gasteiger partial charge is 0.483 e. The van der Waals surface area contributed by atoms with Gasteiger partial charge in [0.05, 0.1) is 17.4 Å². The summed E-state index contributed by atoms with van der Waals surface area (Å²) in [7, 11) is 0. The summed E-state index contributed by atoms with van der Waals surface area (Å²) in [6.45, 7) is 5.38. The highest BCUT2D eigenvalue weighted by Gasteiger charge is 2.18. The van der Waals surface area contributed by atoms with Crippen molar-refractivity contribution in [2.45, 2.75) is 26.8 Å². The van der Waals surface area contributed by atoms with E-state index in [2.05, 4.69) is 15.8 Å². The Morgan fingerprint density at radius 3 is 2.52 bits per heavy atom. The number of rotatable bonds is 5. The molecule has 0 saturated carbocycles. The molecule has 1 atom stereocenters. The van der Waals surface area contributed by atoms with Crippen molar-refractivity contribution in [1.29, 1.82) is 0 Å². The van der Waals surface area contributed by atoms with Crippen LogP contribution >= 0.6 is 0 Å². The molecule has 0 bridgehead atoms. The number of aromatic nitrogens is 2.